The Morgan fingerprint density at radius 1 is 1.00 bits per heavy atom. The predicted octanol–water partition coefficient (Wildman–Crippen LogP) is 4.57. The maximum Gasteiger partial charge on any atom is 0.126 e. The van der Waals surface area contributed by atoms with E-state index in [1.807, 2.05) is 5.57 Å². The molecule has 2 saturated carbocycles. The fourth-order valence-electron chi connectivity index (χ4n) is 6.27. The minimum absolute atomic E-state index is 0.850. The molecule has 4 rings (SSSR count). The third-order valence-electron chi connectivity index (χ3n) is 7.68. The molecule has 4 aliphatic rings. The van der Waals surface area contributed by atoms with Crippen molar-refractivity contribution in [3.8, 4) is 0 Å². The molecule has 0 aromatic rings. The predicted molar refractivity (Wildman–Crippen MR) is 106 cm³/mol. The lowest BCUT2D eigenvalue weighted by atomic mass is 9.73. The van der Waals surface area contributed by atoms with Crippen molar-refractivity contribution in [2.24, 2.45) is 17.8 Å². The van der Waals surface area contributed by atoms with Gasteiger partial charge in [-0.1, -0.05) is 62.6 Å². The van der Waals surface area contributed by atoms with Gasteiger partial charge in [-0.3, -0.25) is 0 Å². The zero-order chi connectivity index (χ0) is 16.6. The van der Waals surface area contributed by atoms with Crippen LogP contribution in [0.25, 0.3) is 0 Å². The molecule has 0 spiro atoms. The van der Waals surface area contributed by atoms with Crippen LogP contribution in [0.4, 0.5) is 0 Å². The number of piperazine rings is 1. The smallest absolute Gasteiger partial charge is 0.126 e. The van der Waals surface area contributed by atoms with E-state index in [4.69, 9.17) is 0 Å². The highest BCUT2D eigenvalue weighted by Crippen LogP contribution is 2.54. The van der Waals surface area contributed by atoms with E-state index in [0.29, 0.717) is 0 Å². The molecule has 134 valence electrons. The Labute approximate surface area is 149 Å². The molecule has 3 aliphatic carbocycles. The first-order chi connectivity index (χ1) is 11.7. The first-order valence-electron chi connectivity index (χ1n) is 10.5. The standard InChI is InChI=1S/C21H36N2Si/c1-24(2,23-15-13-22-14-16-23)21-12-11-19-18(9-6-10-20(19)21)17-7-4-3-5-8-17/h6,9-10,17,19-22H,3-5,7-8,11-16H2,1-2H3. The SMILES string of the molecule is C[Si](C)(C1CCC2C(C3CCCCC3)=CC=CC21)N1CCNCC1. The highest BCUT2D eigenvalue weighted by Gasteiger charge is 2.49. The lowest BCUT2D eigenvalue weighted by molar-refractivity contribution is 0.337. The molecule has 24 heavy (non-hydrogen) atoms. The summed E-state index contributed by atoms with van der Waals surface area (Å²) in [4.78, 5) is 0. The molecule has 3 unspecified atom stereocenters. The van der Waals surface area contributed by atoms with Crippen LogP contribution >= 0.6 is 0 Å². The molecule has 0 radical (unpaired) electrons. The Morgan fingerprint density at radius 3 is 2.50 bits per heavy atom. The van der Waals surface area contributed by atoms with Gasteiger partial charge in [0, 0.05) is 26.2 Å². The Morgan fingerprint density at radius 2 is 1.75 bits per heavy atom. The van der Waals surface area contributed by atoms with Gasteiger partial charge < -0.3 is 9.88 Å². The summed E-state index contributed by atoms with van der Waals surface area (Å²) in [5.74, 6) is 2.65. The molecule has 0 amide bonds. The second kappa shape index (κ2) is 7.09. The average Bonchev–Trinajstić information content (AvgIpc) is 3.08. The molecular weight excluding hydrogens is 308 g/mol. The minimum Gasteiger partial charge on any atom is -0.321 e. The van der Waals surface area contributed by atoms with E-state index in [9.17, 15) is 0 Å². The third kappa shape index (κ3) is 3.08. The molecule has 2 nitrogen and oxygen atoms in total. The van der Waals surface area contributed by atoms with Crippen molar-refractivity contribution in [1.82, 2.24) is 9.88 Å². The fourth-order valence-corrected chi connectivity index (χ4v) is 10.3. The van der Waals surface area contributed by atoms with Crippen molar-refractivity contribution in [2.75, 3.05) is 26.2 Å². The number of allylic oxidation sites excluding steroid dienone is 4. The molecule has 3 atom stereocenters. The monoisotopic (exact) mass is 344 g/mol. The van der Waals surface area contributed by atoms with Crippen LogP contribution in [-0.4, -0.2) is 39.0 Å². The van der Waals surface area contributed by atoms with Gasteiger partial charge in [-0.25, -0.2) is 0 Å². The number of rotatable bonds is 3. The van der Waals surface area contributed by atoms with Crippen molar-refractivity contribution in [3.05, 3.63) is 23.8 Å². The summed E-state index contributed by atoms with van der Waals surface area (Å²) in [6.07, 6.45) is 17.8. The highest BCUT2D eigenvalue weighted by atomic mass is 28.3. The van der Waals surface area contributed by atoms with Crippen molar-refractivity contribution < 1.29 is 0 Å². The van der Waals surface area contributed by atoms with Gasteiger partial charge in [0.25, 0.3) is 0 Å². The minimum atomic E-state index is -1.34. The van der Waals surface area contributed by atoms with Crippen LogP contribution in [-0.2, 0) is 0 Å². The van der Waals surface area contributed by atoms with Crippen LogP contribution in [0, 0.1) is 17.8 Å². The normalized spacial score (nSPS) is 35.8. The van der Waals surface area contributed by atoms with Crippen molar-refractivity contribution in [2.45, 2.75) is 63.6 Å². The molecular formula is C21H36N2Si. The van der Waals surface area contributed by atoms with Crippen LogP contribution in [0.5, 0.6) is 0 Å². The largest absolute Gasteiger partial charge is 0.321 e. The van der Waals surface area contributed by atoms with Crippen LogP contribution in [0.2, 0.25) is 18.6 Å². The summed E-state index contributed by atoms with van der Waals surface area (Å²) in [7, 11) is -1.34. The van der Waals surface area contributed by atoms with Gasteiger partial charge in [0.15, 0.2) is 0 Å². The summed E-state index contributed by atoms with van der Waals surface area (Å²) >= 11 is 0. The highest BCUT2D eigenvalue weighted by molar-refractivity contribution is 6.76. The van der Waals surface area contributed by atoms with Gasteiger partial charge in [-0.05, 0) is 42.6 Å². The number of hydrogen-bond acceptors (Lipinski definition) is 2. The van der Waals surface area contributed by atoms with Crippen molar-refractivity contribution in [3.63, 3.8) is 0 Å². The lowest BCUT2D eigenvalue weighted by Gasteiger charge is -2.46. The van der Waals surface area contributed by atoms with Crippen LogP contribution in [0.15, 0.2) is 23.8 Å². The van der Waals surface area contributed by atoms with Gasteiger partial charge in [0.1, 0.15) is 8.24 Å². The van der Waals surface area contributed by atoms with Crippen LogP contribution in [0.1, 0.15) is 44.9 Å². The lowest BCUT2D eigenvalue weighted by Crippen LogP contribution is -2.59. The van der Waals surface area contributed by atoms with Gasteiger partial charge in [0.05, 0.1) is 0 Å². The Kier molecular flexibility index (Phi) is 5.04. The maximum atomic E-state index is 3.54. The molecule has 3 heteroatoms. The molecule has 0 aromatic heterocycles. The van der Waals surface area contributed by atoms with E-state index in [1.165, 1.54) is 71.1 Å². The molecule has 0 aromatic carbocycles. The van der Waals surface area contributed by atoms with Crippen molar-refractivity contribution in [1.29, 1.82) is 0 Å². The number of nitrogens with one attached hydrogen (secondary N) is 1. The van der Waals surface area contributed by atoms with E-state index in [2.05, 4.69) is 41.2 Å². The molecule has 1 saturated heterocycles. The van der Waals surface area contributed by atoms with Gasteiger partial charge >= 0.3 is 0 Å². The van der Waals surface area contributed by atoms with Gasteiger partial charge in [0.2, 0.25) is 0 Å². The van der Waals surface area contributed by atoms with Crippen molar-refractivity contribution >= 4 is 8.24 Å². The first kappa shape index (κ1) is 17.1. The summed E-state index contributed by atoms with van der Waals surface area (Å²) in [5, 5.41) is 3.54. The summed E-state index contributed by atoms with van der Waals surface area (Å²) in [6.45, 7) is 10.3. The zero-order valence-corrected chi connectivity index (χ0v) is 16.8. The number of hydrogen-bond donors (Lipinski definition) is 1. The van der Waals surface area contributed by atoms with E-state index < -0.39 is 8.24 Å². The summed E-state index contributed by atoms with van der Waals surface area (Å²) < 4.78 is 2.91. The Hall–Kier alpha value is -0.383. The fraction of sp³-hybridized carbons (Fsp3) is 0.810. The van der Waals surface area contributed by atoms with E-state index >= 15 is 0 Å². The van der Waals surface area contributed by atoms with Crippen LogP contribution in [0.3, 0.4) is 0 Å². The second-order valence-corrected chi connectivity index (χ2v) is 13.8. The molecule has 1 heterocycles. The number of nitrogens with zero attached hydrogens (tertiary/aromatic N) is 1. The summed E-state index contributed by atoms with van der Waals surface area (Å²) in [5.41, 5.74) is 2.82. The van der Waals surface area contributed by atoms with E-state index in [-0.39, 0.29) is 0 Å². The molecule has 3 fully saturated rings. The Balaban J connectivity index is 1.50. The summed E-state index contributed by atoms with van der Waals surface area (Å²) in [6, 6.07) is 0. The zero-order valence-electron chi connectivity index (χ0n) is 15.8. The quantitative estimate of drug-likeness (QED) is 0.755. The molecule has 1 aliphatic heterocycles. The first-order valence-corrected chi connectivity index (χ1v) is 13.5. The molecule has 1 N–H and O–H groups in total. The second-order valence-electron chi connectivity index (χ2n) is 9.14. The Bertz CT molecular complexity index is 498. The molecule has 0 bridgehead atoms. The number of fused-ring (bicyclic) bond motifs is 1. The van der Waals surface area contributed by atoms with Crippen LogP contribution < -0.4 is 5.32 Å². The van der Waals surface area contributed by atoms with Gasteiger partial charge in [-0.2, -0.15) is 0 Å². The average molecular weight is 345 g/mol. The third-order valence-corrected chi connectivity index (χ3v) is 12.2. The van der Waals surface area contributed by atoms with E-state index in [0.717, 1.165) is 23.3 Å². The van der Waals surface area contributed by atoms with Gasteiger partial charge in [-0.15, -0.1) is 0 Å². The van der Waals surface area contributed by atoms with E-state index in [1.54, 1.807) is 0 Å². The maximum absolute atomic E-state index is 3.54. The topological polar surface area (TPSA) is 15.3 Å².